The molecule has 2 fully saturated rings. The van der Waals surface area contributed by atoms with Gasteiger partial charge in [-0.3, -0.25) is 4.79 Å². The maximum absolute atomic E-state index is 12.0. The molecule has 0 aromatic carbocycles. The number of hydrogen-bond acceptors (Lipinski definition) is 3. The quantitative estimate of drug-likeness (QED) is 0.800. The third-order valence-electron chi connectivity index (χ3n) is 3.83. The number of hydrogen-bond donors (Lipinski definition) is 2. The largest absolute Gasteiger partial charge is 0.481 e. The van der Waals surface area contributed by atoms with E-state index in [1.165, 1.54) is 0 Å². The Labute approximate surface area is 113 Å². The Kier molecular flexibility index (Phi) is 5.01. The molecule has 6 heteroatoms. The first-order chi connectivity index (χ1) is 9.15. The Morgan fingerprint density at radius 2 is 2.21 bits per heavy atom. The lowest BCUT2D eigenvalue weighted by molar-refractivity contribution is -0.137. The van der Waals surface area contributed by atoms with Crippen molar-refractivity contribution in [1.29, 1.82) is 0 Å². The molecule has 0 aromatic heterocycles. The van der Waals surface area contributed by atoms with Gasteiger partial charge >= 0.3 is 12.0 Å². The van der Waals surface area contributed by atoms with Gasteiger partial charge < -0.3 is 20.1 Å². The highest BCUT2D eigenvalue weighted by molar-refractivity contribution is 5.74. The number of carboxylic acid groups (broad SMARTS) is 1. The average molecular weight is 270 g/mol. The number of aliphatic carboxylic acids is 1. The van der Waals surface area contributed by atoms with Crippen LogP contribution in [0.4, 0.5) is 4.79 Å². The molecule has 2 saturated heterocycles. The number of carbonyl (C=O) groups excluding carboxylic acids is 1. The Balaban J connectivity index is 1.70. The van der Waals surface area contributed by atoms with Crippen LogP contribution in [0.15, 0.2) is 0 Å². The zero-order valence-corrected chi connectivity index (χ0v) is 11.1. The molecule has 2 atom stereocenters. The Morgan fingerprint density at radius 3 is 2.89 bits per heavy atom. The van der Waals surface area contributed by atoms with Gasteiger partial charge in [0.05, 0.1) is 12.6 Å². The molecule has 2 heterocycles. The van der Waals surface area contributed by atoms with Crippen LogP contribution in [0, 0.1) is 5.92 Å². The van der Waals surface area contributed by atoms with E-state index in [4.69, 9.17) is 9.84 Å². The summed E-state index contributed by atoms with van der Waals surface area (Å²) in [5.41, 5.74) is 0. The van der Waals surface area contributed by atoms with Crippen molar-refractivity contribution < 1.29 is 19.4 Å². The summed E-state index contributed by atoms with van der Waals surface area (Å²) < 4.78 is 5.33. The lowest BCUT2D eigenvalue weighted by Gasteiger charge is -2.26. The SMILES string of the molecule is O=C(O)CCC1CCN(C(=O)NC2CCCOC2)C1. The summed E-state index contributed by atoms with van der Waals surface area (Å²) in [6.07, 6.45) is 3.72. The smallest absolute Gasteiger partial charge is 0.317 e. The molecule has 0 spiro atoms. The maximum atomic E-state index is 12.0. The molecule has 108 valence electrons. The van der Waals surface area contributed by atoms with Crippen LogP contribution in [0.2, 0.25) is 0 Å². The summed E-state index contributed by atoms with van der Waals surface area (Å²) >= 11 is 0. The van der Waals surface area contributed by atoms with E-state index in [-0.39, 0.29) is 18.5 Å². The normalized spacial score (nSPS) is 27.3. The van der Waals surface area contributed by atoms with E-state index in [2.05, 4.69) is 5.32 Å². The molecule has 0 aromatic rings. The van der Waals surface area contributed by atoms with Crippen molar-refractivity contribution in [2.24, 2.45) is 5.92 Å². The monoisotopic (exact) mass is 270 g/mol. The van der Waals surface area contributed by atoms with Crippen molar-refractivity contribution in [2.45, 2.75) is 38.1 Å². The van der Waals surface area contributed by atoms with Crippen LogP contribution in [-0.2, 0) is 9.53 Å². The fraction of sp³-hybridized carbons (Fsp3) is 0.846. The predicted molar refractivity (Wildman–Crippen MR) is 68.9 cm³/mol. The minimum absolute atomic E-state index is 0.0340. The number of nitrogens with one attached hydrogen (secondary N) is 1. The summed E-state index contributed by atoms with van der Waals surface area (Å²) in [5, 5.41) is 11.7. The van der Waals surface area contributed by atoms with Gasteiger partial charge in [0.25, 0.3) is 0 Å². The van der Waals surface area contributed by atoms with Crippen molar-refractivity contribution in [3.8, 4) is 0 Å². The van der Waals surface area contributed by atoms with Crippen molar-refractivity contribution in [2.75, 3.05) is 26.3 Å². The van der Waals surface area contributed by atoms with Gasteiger partial charge in [0, 0.05) is 26.1 Å². The molecule has 2 aliphatic heterocycles. The molecule has 2 N–H and O–H groups in total. The second kappa shape index (κ2) is 6.75. The van der Waals surface area contributed by atoms with E-state index >= 15 is 0 Å². The van der Waals surface area contributed by atoms with Crippen LogP contribution in [-0.4, -0.2) is 54.4 Å². The maximum Gasteiger partial charge on any atom is 0.317 e. The molecule has 2 aliphatic rings. The number of ether oxygens (including phenoxy) is 1. The third kappa shape index (κ3) is 4.38. The van der Waals surface area contributed by atoms with Crippen LogP contribution in [0.3, 0.4) is 0 Å². The fourth-order valence-electron chi connectivity index (χ4n) is 2.70. The average Bonchev–Trinajstić information content (AvgIpc) is 2.86. The van der Waals surface area contributed by atoms with Gasteiger partial charge in [0.2, 0.25) is 0 Å². The topological polar surface area (TPSA) is 78.9 Å². The highest BCUT2D eigenvalue weighted by atomic mass is 16.5. The zero-order chi connectivity index (χ0) is 13.7. The van der Waals surface area contributed by atoms with Gasteiger partial charge in [-0.15, -0.1) is 0 Å². The van der Waals surface area contributed by atoms with Crippen LogP contribution in [0.5, 0.6) is 0 Å². The minimum atomic E-state index is -0.762. The molecule has 6 nitrogen and oxygen atoms in total. The van der Waals surface area contributed by atoms with E-state index in [1.807, 2.05) is 0 Å². The van der Waals surface area contributed by atoms with Gasteiger partial charge in [-0.1, -0.05) is 0 Å². The molecule has 0 bridgehead atoms. The highest BCUT2D eigenvalue weighted by Crippen LogP contribution is 2.21. The number of nitrogens with zero attached hydrogens (tertiary/aromatic N) is 1. The minimum Gasteiger partial charge on any atom is -0.481 e. The van der Waals surface area contributed by atoms with Gasteiger partial charge in [-0.05, 0) is 31.6 Å². The predicted octanol–water partition coefficient (Wildman–Crippen LogP) is 1.06. The van der Waals surface area contributed by atoms with Crippen molar-refractivity contribution >= 4 is 12.0 Å². The Morgan fingerprint density at radius 1 is 1.37 bits per heavy atom. The first-order valence-corrected chi connectivity index (χ1v) is 7.00. The molecular weight excluding hydrogens is 248 g/mol. The van der Waals surface area contributed by atoms with Gasteiger partial charge in [-0.25, -0.2) is 4.79 Å². The Hall–Kier alpha value is -1.30. The van der Waals surface area contributed by atoms with Crippen molar-refractivity contribution in [3.05, 3.63) is 0 Å². The van der Waals surface area contributed by atoms with Crippen molar-refractivity contribution in [3.63, 3.8) is 0 Å². The van der Waals surface area contributed by atoms with Gasteiger partial charge in [-0.2, -0.15) is 0 Å². The molecule has 0 saturated carbocycles. The lowest BCUT2D eigenvalue weighted by Crippen LogP contribution is -2.47. The van der Waals surface area contributed by atoms with E-state index in [1.54, 1.807) is 4.90 Å². The highest BCUT2D eigenvalue weighted by Gasteiger charge is 2.28. The molecule has 19 heavy (non-hydrogen) atoms. The standard InChI is InChI=1S/C13H22N2O4/c16-12(17)4-3-10-5-6-15(8-10)13(18)14-11-2-1-7-19-9-11/h10-11H,1-9H2,(H,14,18)(H,16,17). The van der Waals surface area contributed by atoms with E-state index < -0.39 is 5.97 Å². The van der Waals surface area contributed by atoms with Crippen molar-refractivity contribution in [1.82, 2.24) is 10.2 Å². The molecule has 0 radical (unpaired) electrons. The number of urea groups is 1. The summed E-state index contributed by atoms with van der Waals surface area (Å²) in [6.45, 7) is 2.78. The first-order valence-electron chi connectivity index (χ1n) is 7.00. The van der Waals surface area contributed by atoms with E-state index in [0.29, 0.717) is 25.5 Å². The molecule has 2 unspecified atom stereocenters. The summed E-state index contributed by atoms with van der Waals surface area (Å²) in [5.74, 6) is -0.438. The first kappa shape index (κ1) is 14.1. The van der Waals surface area contributed by atoms with Crippen LogP contribution in [0.25, 0.3) is 0 Å². The van der Waals surface area contributed by atoms with Crippen LogP contribution >= 0.6 is 0 Å². The van der Waals surface area contributed by atoms with E-state index in [9.17, 15) is 9.59 Å². The molecule has 2 amide bonds. The molecule has 0 aliphatic carbocycles. The van der Waals surface area contributed by atoms with E-state index in [0.717, 1.165) is 32.4 Å². The zero-order valence-electron chi connectivity index (χ0n) is 11.1. The number of carboxylic acids is 1. The number of likely N-dealkylation sites (tertiary alicyclic amines) is 1. The second-order valence-electron chi connectivity index (χ2n) is 5.40. The third-order valence-corrected chi connectivity index (χ3v) is 3.83. The lowest BCUT2D eigenvalue weighted by atomic mass is 10.0. The van der Waals surface area contributed by atoms with Gasteiger partial charge in [0.15, 0.2) is 0 Å². The second-order valence-corrected chi connectivity index (χ2v) is 5.40. The number of carbonyl (C=O) groups is 2. The summed E-state index contributed by atoms with van der Waals surface area (Å²) in [7, 11) is 0. The van der Waals surface area contributed by atoms with Crippen LogP contribution in [0.1, 0.15) is 32.1 Å². The number of rotatable bonds is 4. The Bertz CT molecular complexity index is 329. The summed E-state index contributed by atoms with van der Waals surface area (Å²) in [6, 6.07) is 0.0904. The number of amides is 2. The van der Waals surface area contributed by atoms with Gasteiger partial charge in [0.1, 0.15) is 0 Å². The summed E-state index contributed by atoms with van der Waals surface area (Å²) in [4.78, 5) is 24.4. The van der Waals surface area contributed by atoms with Crippen LogP contribution < -0.4 is 5.32 Å². The molecule has 2 rings (SSSR count). The fourth-order valence-corrected chi connectivity index (χ4v) is 2.70. The molecular formula is C13H22N2O4.